The van der Waals surface area contributed by atoms with Crippen LogP contribution in [0.5, 0.6) is 0 Å². The Bertz CT molecular complexity index is 794. The van der Waals surface area contributed by atoms with E-state index in [4.69, 9.17) is 4.74 Å². The van der Waals surface area contributed by atoms with Crippen LogP contribution >= 0.6 is 0 Å². The average molecular weight is 358 g/mol. The van der Waals surface area contributed by atoms with Crippen LogP contribution < -0.4 is 4.90 Å². The average Bonchev–Trinajstić information content (AvgIpc) is 3.20. The minimum atomic E-state index is -4.83. The van der Waals surface area contributed by atoms with E-state index < -0.39 is 45.9 Å². The number of esters is 1. The van der Waals surface area contributed by atoms with Gasteiger partial charge in [-0.1, -0.05) is 0 Å². The summed E-state index contributed by atoms with van der Waals surface area (Å²) in [6.07, 6.45) is -4.83. The number of nitro benzene ring substituents is 1. The van der Waals surface area contributed by atoms with Crippen molar-refractivity contribution in [2.75, 3.05) is 18.6 Å². The third-order valence-corrected chi connectivity index (χ3v) is 4.76. The van der Waals surface area contributed by atoms with Crippen molar-refractivity contribution in [3.05, 3.63) is 33.9 Å². The van der Waals surface area contributed by atoms with Crippen molar-refractivity contribution in [2.45, 2.75) is 18.5 Å². The number of nitrogens with zero attached hydrogens (tertiary/aromatic N) is 2. The first-order chi connectivity index (χ1) is 11.6. The van der Waals surface area contributed by atoms with Crippen LogP contribution in [0.1, 0.15) is 12.5 Å². The van der Waals surface area contributed by atoms with E-state index in [2.05, 4.69) is 0 Å². The number of amides is 1. The van der Waals surface area contributed by atoms with Gasteiger partial charge in [0.15, 0.2) is 0 Å². The molecular weight excluding hydrogens is 345 g/mol. The van der Waals surface area contributed by atoms with E-state index in [1.165, 1.54) is 20.0 Å². The number of fused-ring (bicyclic) bond motifs is 2. The summed E-state index contributed by atoms with van der Waals surface area (Å²) in [6, 6.07) is 3.26. The Labute approximate surface area is 139 Å². The fourth-order valence-electron chi connectivity index (χ4n) is 3.75. The molecule has 1 fully saturated rings. The van der Waals surface area contributed by atoms with E-state index >= 15 is 0 Å². The molecule has 0 radical (unpaired) electrons. The molecule has 3 rings (SSSR count). The number of halogens is 3. The van der Waals surface area contributed by atoms with Gasteiger partial charge < -0.3 is 9.64 Å². The number of ether oxygens (including phenoxy) is 1. The summed E-state index contributed by atoms with van der Waals surface area (Å²) < 4.78 is 45.3. The van der Waals surface area contributed by atoms with E-state index in [1.54, 1.807) is 0 Å². The van der Waals surface area contributed by atoms with Crippen LogP contribution in [0.2, 0.25) is 0 Å². The Morgan fingerprint density at radius 3 is 2.60 bits per heavy atom. The lowest BCUT2D eigenvalue weighted by molar-refractivity contribution is -0.384. The van der Waals surface area contributed by atoms with Crippen molar-refractivity contribution in [3.8, 4) is 0 Å². The lowest BCUT2D eigenvalue weighted by atomic mass is 9.92. The molecule has 3 unspecified atom stereocenters. The van der Waals surface area contributed by atoms with Gasteiger partial charge in [0.05, 0.1) is 23.4 Å². The summed E-state index contributed by atoms with van der Waals surface area (Å²) in [6.45, 7) is 1.30. The molecule has 2 aliphatic rings. The maximum Gasteiger partial charge on any atom is 0.394 e. The van der Waals surface area contributed by atoms with Crippen molar-refractivity contribution >= 4 is 23.3 Å². The molecule has 1 saturated carbocycles. The smallest absolute Gasteiger partial charge is 0.394 e. The minimum absolute atomic E-state index is 0.122. The van der Waals surface area contributed by atoms with Crippen LogP contribution in [-0.4, -0.2) is 36.6 Å². The monoisotopic (exact) mass is 358 g/mol. The lowest BCUT2D eigenvalue weighted by Gasteiger charge is -2.12. The number of hydrogen-bond donors (Lipinski definition) is 0. The van der Waals surface area contributed by atoms with Crippen LogP contribution in [0.3, 0.4) is 0 Å². The summed E-state index contributed by atoms with van der Waals surface area (Å²) in [7, 11) is 1.27. The highest BCUT2D eigenvalue weighted by Gasteiger charge is 2.85. The number of benzene rings is 1. The molecule has 3 atom stereocenters. The summed E-state index contributed by atoms with van der Waals surface area (Å²) in [5.74, 6) is -6.06. The molecule has 0 saturated heterocycles. The number of carbonyl (C=O) groups is 2. The SMILES string of the molecule is CCOC(=O)C1C(C(F)(F)F)C12C(=O)N(C)c1ccc([N+](=O)[O-])cc12. The number of anilines is 1. The largest absolute Gasteiger partial charge is 0.466 e. The molecule has 1 aliphatic carbocycles. The van der Waals surface area contributed by atoms with Gasteiger partial charge in [-0.2, -0.15) is 13.2 Å². The molecule has 1 aromatic rings. The van der Waals surface area contributed by atoms with Gasteiger partial charge in [-0.05, 0) is 18.6 Å². The first-order valence-corrected chi connectivity index (χ1v) is 7.38. The van der Waals surface area contributed by atoms with Crippen molar-refractivity contribution in [3.63, 3.8) is 0 Å². The van der Waals surface area contributed by atoms with Gasteiger partial charge in [-0.15, -0.1) is 0 Å². The topological polar surface area (TPSA) is 89.8 Å². The van der Waals surface area contributed by atoms with Gasteiger partial charge in [0.2, 0.25) is 5.91 Å². The summed E-state index contributed by atoms with van der Waals surface area (Å²) in [5, 5.41) is 11.0. The second-order valence-electron chi connectivity index (χ2n) is 5.94. The van der Waals surface area contributed by atoms with Crippen LogP contribution in [0.4, 0.5) is 24.5 Å². The van der Waals surface area contributed by atoms with Gasteiger partial charge in [0, 0.05) is 24.9 Å². The molecule has 10 heteroatoms. The number of nitro groups is 1. The zero-order valence-corrected chi connectivity index (χ0v) is 13.2. The molecule has 1 heterocycles. The Morgan fingerprint density at radius 1 is 1.44 bits per heavy atom. The van der Waals surface area contributed by atoms with Crippen LogP contribution in [0.25, 0.3) is 0 Å². The van der Waals surface area contributed by atoms with E-state index in [9.17, 15) is 32.9 Å². The Balaban J connectivity index is 2.21. The molecule has 25 heavy (non-hydrogen) atoms. The van der Waals surface area contributed by atoms with Crippen molar-refractivity contribution < 1.29 is 32.4 Å². The number of non-ortho nitro benzene ring substituents is 1. The normalized spacial score (nSPS) is 27.4. The molecular formula is C15H13F3N2O5. The van der Waals surface area contributed by atoms with Crippen molar-refractivity contribution in [2.24, 2.45) is 11.8 Å². The standard InChI is InChI=1S/C15H13F3N2O5/c1-3-25-12(21)10-11(15(16,17)18)14(10)8-6-7(20(23)24)4-5-9(8)19(2)13(14)22/h4-6,10-11H,3H2,1-2H3. The predicted octanol–water partition coefficient (Wildman–Crippen LogP) is 2.18. The van der Waals surface area contributed by atoms with E-state index in [-0.39, 0.29) is 17.9 Å². The van der Waals surface area contributed by atoms with Gasteiger partial charge >= 0.3 is 12.1 Å². The second kappa shape index (κ2) is 5.17. The van der Waals surface area contributed by atoms with E-state index in [0.29, 0.717) is 0 Å². The Morgan fingerprint density at radius 2 is 2.08 bits per heavy atom. The molecule has 0 aromatic heterocycles. The summed E-state index contributed by atoms with van der Waals surface area (Å²) in [5.41, 5.74) is -2.68. The summed E-state index contributed by atoms with van der Waals surface area (Å²) in [4.78, 5) is 35.9. The van der Waals surface area contributed by atoms with Gasteiger partial charge in [-0.3, -0.25) is 19.7 Å². The van der Waals surface area contributed by atoms with Crippen LogP contribution in [0.15, 0.2) is 18.2 Å². The molecule has 134 valence electrons. The van der Waals surface area contributed by atoms with Crippen molar-refractivity contribution in [1.82, 2.24) is 0 Å². The van der Waals surface area contributed by atoms with E-state index in [0.717, 1.165) is 17.0 Å². The zero-order valence-electron chi connectivity index (χ0n) is 13.2. The fraction of sp³-hybridized carbons (Fsp3) is 0.467. The quantitative estimate of drug-likeness (QED) is 0.469. The first kappa shape index (κ1) is 17.2. The molecule has 7 nitrogen and oxygen atoms in total. The third kappa shape index (κ3) is 2.12. The van der Waals surface area contributed by atoms with E-state index in [1.807, 2.05) is 0 Å². The van der Waals surface area contributed by atoms with Crippen LogP contribution in [0, 0.1) is 22.0 Å². The fourth-order valence-corrected chi connectivity index (χ4v) is 3.75. The number of alkyl halides is 3. The molecule has 1 spiro atoms. The lowest BCUT2D eigenvalue weighted by Crippen LogP contribution is -2.33. The zero-order chi connectivity index (χ0) is 18.7. The van der Waals surface area contributed by atoms with Gasteiger partial charge in [-0.25, -0.2) is 0 Å². The molecule has 1 amide bonds. The highest BCUT2D eigenvalue weighted by atomic mass is 19.4. The highest BCUT2D eigenvalue weighted by molar-refractivity contribution is 6.14. The van der Waals surface area contributed by atoms with Gasteiger partial charge in [0.25, 0.3) is 5.69 Å². The van der Waals surface area contributed by atoms with Gasteiger partial charge in [0.1, 0.15) is 5.41 Å². The minimum Gasteiger partial charge on any atom is -0.466 e. The molecule has 1 aromatic carbocycles. The number of hydrogen-bond acceptors (Lipinski definition) is 5. The van der Waals surface area contributed by atoms with Crippen molar-refractivity contribution in [1.29, 1.82) is 0 Å². The number of carbonyl (C=O) groups excluding carboxylic acids is 2. The first-order valence-electron chi connectivity index (χ1n) is 7.38. The third-order valence-electron chi connectivity index (χ3n) is 4.76. The number of rotatable bonds is 3. The molecule has 0 N–H and O–H groups in total. The number of likely N-dealkylation sites (N-methyl/N-ethyl adjacent to an activating group) is 1. The molecule has 1 aliphatic heterocycles. The highest BCUT2D eigenvalue weighted by Crippen LogP contribution is 2.71. The Kier molecular flexibility index (Phi) is 3.55. The summed E-state index contributed by atoms with van der Waals surface area (Å²) >= 11 is 0. The predicted molar refractivity (Wildman–Crippen MR) is 77.9 cm³/mol. The maximum absolute atomic E-state index is 13.5. The Hall–Kier alpha value is -2.65. The maximum atomic E-state index is 13.5. The molecule has 0 bridgehead atoms. The second-order valence-corrected chi connectivity index (χ2v) is 5.94. The van der Waals surface area contributed by atoms with Crippen LogP contribution in [-0.2, 0) is 19.7 Å².